The highest BCUT2D eigenvalue weighted by molar-refractivity contribution is 7.47. The lowest BCUT2D eigenvalue weighted by Gasteiger charge is -2.21. The van der Waals surface area contributed by atoms with E-state index in [9.17, 15) is 43.2 Å². The molecule has 528 valence electrons. The summed E-state index contributed by atoms with van der Waals surface area (Å²) in [4.78, 5) is 72.6. The van der Waals surface area contributed by atoms with Gasteiger partial charge in [-0.05, 0) is 49.4 Å². The van der Waals surface area contributed by atoms with Crippen LogP contribution >= 0.6 is 15.6 Å². The predicted octanol–water partition coefficient (Wildman–Crippen LogP) is 19.7. The van der Waals surface area contributed by atoms with Gasteiger partial charge < -0.3 is 33.8 Å². The molecule has 0 fully saturated rings. The molecule has 0 rings (SSSR count). The molecule has 3 N–H and O–H groups in total. The highest BCUT2D eigenvalue weighted by Gasteiger charge is 2.30. The van der Waals surface area contributed by atoms with Crippen LogP contribution in [0.3, 0.4) is 0 Å². The van der Waals surface area contributed by atoms with Gasteiger partial charge in [-0.25, -0.2) is 9.13 Å². The largest absolute Gasteiger partial charge is 0.472 e. The molecule has 0 aliphatic heterocycles. The van der Waals surface area contributed by atoms with E-state index in [1.807, 2.05) is 0 Å². The van der Waals surface area contributed by atoms with Crippen LogP contribution in [-0.2, 0) is 65.4 Å². The Morgan fingerprint density at radius 3 is 0.798 bits per heavy atom. The number of carbonyl (C=O) groups is 4. The molecular weight excluding hydrogens is 1170 g/mol. The molecule has 7 atom stereocenters. The maximum atomic E-state index is 13.0. The third kappa shape index (κ3) is 62.0. The van der Waals surface area contributed by atoms with Crippen LogP contribution in [0.2, 0.25) is 0 Å². The Morgan fingerprint density at radius 2 is 0.539 bits per heavy atom. The minimum Gasteiger partial charge on any atom is -0.462 e. The minimum atomic E-state index is -4.95. The SMILES string of the molecule is CCC(C)CCCCCCCCCCCCC(=O)O[C@H](COC(=O)CCCCCCCCCCC(C)C)COP(=O)(O)OCC(O)COP(=O)(O)OC[C@@H](COC(=O)CCCCCCCCCCC(C)CC)OC(=O)CCCCCCCCCCCC(C)C. The molecule has 0 saturated heterocycles. The number of hydrogen-bond donors (Lipinski definition) is 3. The Hall–Kier alpha value is -1.94. The Bertz CT molecular complexity index is 1770. The van der Waals surface area contributed by atoms with Crippen LogP contribution in [0, 0.1) is 23.7 Å². The zero-order valence-corrected chi connectivity index (χ0v) is 59.8. The fourth-order valence-corrected chi connectivity index (χ4v) is 12.0. The minimum absolute atomic E-state index is 0.104. The summed E-state index contributed by atoms with van der Waals surface area (Å²) in [6.07, 6.45) is 41.6. The lowest BCUT2D eigenvalue weighted by atomic mass is 9.99. The maximum Gasteiger partial charge on any atom is 0.472 e. The van der Waals surface area contributed by atoms with Crippen LogP contribution in [0.4, 0.5) is 0 Å². The molecule has 89 heavy (non-hydrogen) atoms. The van der Waals surface area contributed by atoms with E-state index in [0.717, 1.165) is 114 Å². The second-order valence-electron chi connectivity index (χ2n) is 26.7. The number of carbonyl (C=O) groups excluding carboxylic acids is 4. The van der Waals surface area contributed by atoms with E-state index in [2.05, 4.69) is 55.4 Å². The third-order valence-electron chi connectivity index (χ3n) is 16.8. The van der Waals surface area contributed by atoms with Crippen molar-refractivity contribution in [3.63, 3.8) is 0 Å². The molecule has 19 heteroatoms. The van der Waals surface area contributed by atoms with Crippen LogP contribution in [0.15, 0.2) is 0 Å². The molecule has 0 radical (unpaired) electrons. The summed E-state index contributed by atoms with van der Waals surface area (Å²) < 4.78 is 68.3. The summed E-state index contributed by atoms with van der Waals surface area (Å²) in [6, 6.07) is 0. The van der Waals surface area contributed by atoms with E-state index < -0.39 is 97.5 Å². The van der Waals surface area contributed by atoms with Gasteiger partial charge in [-0.2, -0.15) is 0 Å². The first-order valence-corrected chi connectivity index (χ1v) is 39.3. The second-order valence-corrected chi connectivity index (χ2v) is 29.6. The standard InChI is InChI=1S/C70H136O17P2/c1-9-62(7)48-40-32-24-15-11-12-16-28-36-44-52-69(74)86-65(56-80-67(72)50-42-34-26-20-18-23-31-39-47-61(5)6)58-84-88(76,77)82-54-64(71)55-83-89(78,79)85-59-66(87-70(75)53-45-37-29-17-13-14-22-30-38-46-60(3)4)57-81-68(73)51-43-35-27-21-19-25-33-41-49-63(8)10-2/h60-66,71H,9-59H2,1-8H3,(H,76,77)(H,78,79)/t62?,63?,64?,65-,66-/m1/s1. The van der Waals surface area contributed by atoms with Crippen LogP contribution in [-0.4, -0.2) is 96.7 Å². The first kappa shape index (κ1) is 87.1. The molecule has 0 aliphatic rings. The first-order chi connectivity index (χ1) is 42.7. The van der Waals surface area contributed by atoms with Gasteiger partial charge in [-0.15, -0.1) is 0 Å². The van der Waals surface area contributed by atoms with E-state index >= 15 is 0 Å². The van der Waals surface area contributed by atoms with Crippen LogP contribution in [0.25, 0.3) is 0 Å². The molecule has 0 amide bonds. The average molecular weight is 1310 g/mol. The lowest BCUT2D eigenvalue weighted by Crippen LogP contribution is -2.30. The van der Waals surface area contributed by atoms with Gasteiger partial charge in [0.2, 0.25) is 0 Å². The molecule has 0 spiro atoms. The normalized spacial score (nSPS) is 14.9. The summed E-state index contributed by atoms with van der Waals surface area (Å²) in [7, 11) is -9.90. The summed E-state index contributed by atoms with van der Waals surface area (Å²) in [5, 5.41) is 10.6. The van der Waals surface area contributed by atoms with E-state index in [0.29, 0.717) is 25.7 Å². The number of aliphatic hydroxyl groups is 1. The second kappa shape index (κ2) is 59.8. The van der Waals surface area contributed by atoms with Crippen LogP contribution in [0.5, 0.6) is 0 Å². The molecule has 0 aliphatic carbocycles. The van der Waals surface area contributed by atoms with Crippen molar-refractivity contribution in [3.8, 4) is 0 Å². The van der Waals surface area contributed by atoms with E-state index in [4.69, 9.17) is 37.0 Å². The van der Waals surface area contributed by atoms with Crippen molar-refractivity contribution < 1.29 is 80.2 Å². The molecule has 17 nitrogen and oxygen atoms in total. The topological polar surface area (TPSA) is 237 Å². The average Bonchev–Trinajstić information content (AvgIpc) is 3.69. The van der Waals surface area contributed by atoms with Crippen molar-refractivity contribution in [2.24, 2.45) is 23.7 Å². The summed E-state index contributed by atoms with van der Waals surface area (Å²) in [5.74, 6) is 0.913. The zero-order valence-electron chi connectivity index (χ0n) is 58.1. The van der Waals surface area contributed by atoms with Crippen molar-refractivity contribution in [1.29, 1.82) is 0 Å². The highest BCUT2D eigenvalue weighted by Crippen LogP contribution is 2.45. The van der Waals surface area contributed by atoms with Gasteiger partial charge in [0.15, 0.2) is 12.2 Å². The van der Waals surface area contributed by atoms with Gasteiger partial charge in [0.25, 0.3) is 0 Å². The van der Waals surface area contributed by atoms with E-state index in [1.165, 1.54) is 148 Å². The zero-order chi connectivity index (χ0) is 66.1. The number of rotatable bonds is 67. The fourth-order valence-electron chi connectivity index (χ4n) is 10.4. The smallest absolute Gasteiger partial charge is 0.462 e. The number of aliphatic hydroxyl groups excluding tert-OH is 1. The number of phosphoric ester groups is 2. The van der Waals surface area contributed by atoms with Gasteiger partial charge >= 0.3 is 39.5 Å². The van der Waals surface area contributed by atoms with Crippen molar-refractivity contribution in [3.05, 3.63) is 0 Å². The van der Waals surface area contributed by atoms with Crippen LogP contribution in [0.1, 0.15) is 344 Å². The van der Waals surface area contributed by atoms with Gasteiger partial charge in [0.05, 0.1) is 26.4 Å². The maximum absolute atomic E-state index is 13.0. The fraction of sp³-hybridized carbons (Fsp3) is 0.943. The Morgan fingerprint density at radius 1 is 0.315 bits per heavy atom. The molecule has 0 aromatic heterocycles. The van der Waals surface area contributed by atoms with E-state index in [1.54, 1.807) is 0 Å². The number of esters is 4. The summed E-state index contributed by atoms with van der Waals surface area (Å²) >= 11 is 0. The first-order valence-electron chi connectivity index (χ1n) is 36.3. The van der Waals surface area contributed by atoms with Gasteiger partial charge in [0, 0.05) is 25.7 Å². The lowest BCUT2D eigenvalue weighted by molar-refractivity contribution is -0.161. The Kier molecular flexibility index (Phi) is 58.5. The monoisotopic (exact) mass is 1310 g/mol. The van der Waals surface area contributed by atoms with Gasteiger partial charge in [-0.3, -0.25) is 37.3 Å². The molecule has 0 aromatic carbocycles. The van der Waals surface area contributed by atoms with Gasteiger partial charge in [0.1, 0.15) is 19.3 Å². The highest BCUT2D eigenvalue weighted by atomic mass is 31.2. The molecule has 0 saturated carbocycles. The number of phosphoric acid groups is 2. The van der Waals surface area contributed by atoms with Crippen molar-refractivity contribution in [2.45, 2.75) is 363 Å². The summed E-state index contributed by atoms with van der Waals surface area (Å²) in [5.41, 5.74) is 0. The van der Waals surface area contributed by atoms with Crippen molar-refractivity contribution in [2.75, 3.05) is 39.6 Å². The Balaban J connectivity index is 5.28. The molecule has 0 heterocycles. The number of hydrogen-bond acceptors (Lipinski definition) is 15. The number of unbranched alkanes of at least 4 members (excludes halogenated alkanes) is 31. The van der Waals surface area contributed by atoms with Crippen molar-refractivity contribution >= 4 is 39.5 Å². The third-order valence-corrected chi connectivity index (χ3v) is 18.7. The van der Waals surface area contributed by atoms with Crippen LogP contribution < -0.4 is 0 Å². The van der Waals surface area contributed by atoms with E-state index in [-0.39, 0.29) is 25.7 Å². The molecular formula is C70H136O17P2. The van der Waals surface area contributed by atoms with Gasteiger partial charge in [-0.1, -0.05) is 293 Å². The molecule has 5 unspecified atom stereocenters. The molecule has 0 bridgehead atoms. The summed E-state index contributed by atoms with van der Waals surface area (Å²) in [6.45, 7) is 14.1. The quantitative estimate of drug-likeness (QED) is 0.0222. The Labute approximate surface area is 543 Å². The predicted molar refractivity (Wildman–Crippen MR) is 358 cm³/mol. The number of ether oxygens (including phenoxy) is 4. The molecule has 0 aromatic rings. The van der Waals surface area contributed by atoms with Crippen molar-refractivity contribution in [1.82, 2.24) is 0 Å².